The van der Waals surface area contributed by atoms with E-state index in [9.17, 15) is 40.7 Å². The van der Waals surface area contributed by atoms with Crippen molar-refractivity contribution >= 4 is 35.7 Å². The molecule has 0 bridgehead atoms. The van der Waals surface area contributed by atoms with E-state index in [-0.39, 0.29) is 23.7 Å². The number of benzene rings is 2. The number of alkyl halides is 6. The van der Waals surface area contributed by atoms with Crippen LogP contribution in [-0.2, 0) is 25.7 Å². The van der Waals surface area contributed by atoms with E-state index in [1.54, 1.807) is 29.2 Å². The normalized spacial score (nSPS) is 19.2. The number of rotatable bonds is 6. The molecule has 3 atom stereocenters. The number of aliphatic carboxylic acids is 2. The predicted octanol–water partition coefficient (Wildman–Crippen LogP) is 3.09. The molecule has 2 heterocycles. The average molecular weight is 692 g/mol. The number of nitrogens with two attached hydrogens (primary N) is 1. The predicted molar refractivity (Wildman–Crippen MR) is 155 cm³/mol. The Morgan fingerprint density at radius 2 is 1.42 bits per heavy atom. The van der Waals surface area contributed by atoms with Crippen LogP contribution in [-0.4, -0.2) is 93.4 Å². The third-order valence-corrected chi connectivity index (χ3v) is 7.00. The van der Waals surface area contributed by atoms with Gasteiger partial charge in [-0.3, -0.25) is 9.59 Å². The molecule has 3 amide bonds. The van der Waals surface area contributed by atoms with Crippen LogP contribution in [0.2, 0.25) is 0 Å². The van der Waals surface area contributed by atoms with Crippen molar-refractivity contribution in [2.45, 2.75) is 56.2 Å². The number of amides is 3. The number of aliphatic imine (C=N–C) groups is 1. The van der Waals surface area contributed by atoms with E-state index >= 15 is 0 Å². The quantitative estimate of drug-likeness (QED) is 0.148. The topological polar surface area (TPSA) is 212 Å². The van der Waals surface area contributed by atoms with E-state index in [2.05, 4.69) is 27.8 Å². The number of carboxylic acids is 2. The number of nitrogens with zero attached hydrogens (tertiary/aromatic N) is 2. The summed E-state index contributed by atoms with van der Waals surface area (Å²) in [6.07, 6.45) is -9.15. The summed E-state index contributed by atoms with van der Waals surface area (Å²) in [4.78, 5) is 59.3. The molecule has 4 rings (SSSR count). The first kappa shape index (κ1) is 39.0. The van der Waals surface area contributed by atoms with Gasteiger partial charge in [0.1, 0.15) is 11.9 Å². The Hall–Kier alpha value is -5.20. The van der Waals surface area contributed by atoms with Crippen molar-refractivity contribution in [3.63, 3.8) is 0 Å². The molecule has 48 heavy (non-hydrogen) atoms. The second-order valence-corrected chi connectivity index (χ2v) is 10.3. The van der Waals surface area contributed by atoms with Gasteiger partial charge in [0.05, 0.1) is 6.04 Å². The monoisotopic (exact) mass is 691 g/mol. The molecule has 19 heteroatoms. The molecule has 2 aromatic carbocycles. The van der Waals surface area contributed by atoms with Gasteiger partial charge in [0, 0.05) is 18.7 Å². The molecule has 2 aromatic rings. The third kappa shape index (κ3) is 12.2. The highest BCUT2D eigenvalue weighted by molar-refractivity contribution is 6.02. The maximum atomic E-state index is 13.1. The second kappa shape index (κ2) is 17.1. The average Bonchev–Trinajstić information content (AvgIpc) is 2.99. The van der Waals surface area contributed by atoms with E-state index in [1.807, 2.05) is 18.2 Å². The van der Waals surface area contributed by atoms with Gasteiger partial charge in [-0.15, -0.1) is 0 Å². The number of hydrogen-bond donors (Lipinski definition) is 6. The fraction of sp³-hybridized carbons (Fsp3) is 0.379. The number of carbonyl (C=O) groups is 5. The van der Waals surface area contributed by atoms with Crippen LogP contribution in [0.15, 0.2) is 59.6 Å². The lowest BCUT2D eigenvalue weighted by Gasteiger charge is -2.43. The number of likely N-dealkylation sites (tertiary alicyclic amines) is 1. The molecule has 2 fully saturated rings. The molecule has 2 aliphatic heterocycles. The first-order valence-corrected chi connectivity index (χ1v) is 13.9. The van der Waals surface area contributed by atoms with Crippen molar-refractivity contribution in [2.75, 3.05) is 13.1 Å². The highest BCUT2D eigenvalue weighted by Gasteiger charge is 2.41. The second-order valence-electron chi connectivity index (χ2n) is 10.3. The zero-order chi connectivity index (χ0) is 36.2. The number of piperidine rings is 1. The van der Waals surface area contributed by atoms with Gasteiger partial charge in [-0.05, 0) is 42.9 Å². The van der Waals surface area contributed by atoms with Crippen LogP contribution in [0.3, 0.4) is 0 Å². The first-order chi connectivity index (χ1) is 22.3. The zero-order valence-corrected chi connectivity index (χ0v) is 24.8. The summed E-state index contributed by atoms with van der Waals surface area (Å²) in [5.41, 5.74) is 8.21. The van der Waals surface area contributed by atoms with Crippen molar-refractivity contribution in [1.29, 1.82) is 0 Å². The molecule has 0 spiro atoms. The number of halogens is 6. The summed E-state index contributed by atoms with van der Waals surface area (Å²) in [5.74, 6) is -5.45. The van der Waals surface area contributed by atoms with E-state index < -0.39 is 36.4 Å². The van der Waals surface area contributed by atoms with E-state index in [1.165, 1.54) is 5.56 Å². The summed E-state index contributed by atoms with van der Waals surface area (Å²) >= 11 is 0. The molecule has 2 aliphatic rings. The largest absolute Gasteiger partial charge is 0.490 e. The Labute approximate surface area is 268 Å². The minimum Gasteiger partial charge on any atom is -0.475 e. The number of carbonyl (C=O) groups excluding carboxylic acids is 2. The first-order valence-electron chi connectivity index (χ1n) is 13.9. The molecule has 2 saturated heterocycles. The molecule has 7 N–H and O–H groups in total. The van der Waals surface area contributed by atoms with Gasteiger partial charge in [0.25, 0.3) is 0 Å². The number of nitrogens with one attached hydrogen (secondary N) is 2. The van der Waals surface area contributed by atoms with Crippen LogP contribution in [0.25, 0.3) is 0 Å². The summed E-state index contributed by atoms with van der Waals surface area (Å²) in [6, 6.07) is 16.3. The summed E-state index contributed by atoms with van der Waals surface area (Å²) in [6.45, 7) is 1.66. The highest BCUT2D eigenvalue weighted by atomic mass is 19.4. The summed E-state index contributed by atoms with van der Waals surface area (Å²) in [7, 11) is 0. The van der Waals surface area contributed by atoms with Crippen LogP contribution in [0.5, 0.6) is 0 Å². The minimum absolute atomic E-state index is 0.00965. The van der Waals surface area contributed by atoms with Crippen LogP contribution in [0, 0.1) is 0 Å². The van der Waals surface area contributed by atoms with Crippen molar-refractivity contribution in [3.05, 3.63) is 71.3 Å². The van der Waals surface area contributed by atoms with Crippen molar-refractivity contribution in [1.82, 2.24) is 15.5 Å². The Morgan fingerprint density at radius 1 is 0.875 bits per heavy atom. The summed E-state index contributed by atoms with van der Waals surface area (Å²) < 4.78 is 63.5. The standard InChI is InChI=1S/C25H29N5O4.2C2HF3O2/c26-22(29-25(33)34)18-8-6-16(7-9-18)15-28-23(31)21-11-13-30(21)24(32)20-14-19(10-12-27-20)17-4-2-1-3-5-17;2*3-2(4,5)1(6)7/h1-9,19-21,27H,10-15H2,(H2,26,29)(H,28,31)(H,33,34);2*(H,6,7)/t19-,20+,21-;;/m0../s1. The van der Waals surface area contributed by atoms with Crippen LogP contribution in [0.4, 0.5) is 31.1 Å². The molecular formula is C29H31F6N5O8. The zero-order valence-electron chi connectivity index (χ0n) is 24.8. The molecule has 262 valence electrons. The summed E-state index contributed by atoms with van der Waals surface area (Å²) in [5, 5.41) is 29.2. The Bertz CT molecular complexity index is 1450. The Kier molecular flexibility index (Phi) is 13.9. The van der Waals surface area contributed by atoms with Crippen molar-refractivity contribution in [2.24, 2.45) is 10.7 Å². The molecule has 0 saturated carbocycles. The van der Waals surface area contributed by atoms with E-state index in [4.69, 9.17) is 30.6 Å². The molecule has 13 nitrogen and oxygen atoms in total. The Morgan fingerprint density at radius 3 is 1.88 bits per heavy atom. The van der Waals surface area contributed by atoms with Gasteiger partial charge in [0.15, 0.2) is 0 Å². The van der Waals surface area contributed by atoms with Gasteiger partial charge in [-0.25, -0.2) is 14.4 Å². The smallest absolute Gasteiger partial charge is 0.475 e. The number of amidine groups is 1. The van der Waals surface area contributed by atoms with Crippen LogP contribution < -0.4 is 16.4 Å². The van der Waals surface area contributed by atoms with Gasteiger partial charge < -0.3 is 36.6 Å². The molecular weight excluding hydrogens is 660 g/mol. The maximum absolute atomic E-state index is 13.1. The molecule has 0 aliphatic carbocycles. The van der Waals surface area contributed by atoms with Crippen LogP contribution >= 0.6 is 0 Å². The van der Waals surface area contributed by atoms with Gasteiger partial charge in [0.2, 0.25) is 11.8 Å². The van der Waals surface area contributed by atoms with Gasteiger partial charge in [-0.1, -0.05) is 54.6 Å². The number of carboxylic acid groups (broad SMARTS) is 3. The fourth-order valence-electron chi connectivity index (χ4n) is 4.53. The molecule has 0 aromatic heterocycles. The maximum Gasteiger partial charge on any atom is 0.490 e. The number of hydrogen-bond acceptors (Lipinski definition) is 6. The van der Waals surface area contributed by atoms with Gasteiger partial charge in [-0.2, -0.15) is 31.3 Å². The fourth-order valence-corrected chi connectivity index (χ4v) is 4.53. The third-order valence-electron chi connectivity index (χ3n) is 7.00. The van der Waals surface area contributed by atoms with Gasteiger partial charge >= 0.3 is 30.4 Å². The lowest BCUT2D eigenvalue weighted by molar-refractivity contribution is -0.193. The van der Waals surface area contributed by atoms with Crippen molar-refractivity contribution < 1.29 is 65.6 Å². The van der Waals surface area contributed by atoms with Crippen LogP contribution in [0.1, 0.15) is 41.9 Å². The van der Waals surface area contributed by atoms with E-state index in [0.717, 1.165) is 24.9 Å². The molecule has 0 radical (unpaired) electrons. The SMILES string of the molecule is NC(=NC(=O)O)c1ccc(CNC(=O)[C@@H]2CCN2C(=O)[C@H]2C[C@@H](c3ccccc3)CCN2)cc1.O=C(O)C(F)(F)F.O=C(O)C(F)(F)F. The highest BCUT2D eigenvalue weighted by Crippen LogP contribution is 2.30. The van der Waals surface area contributed by atoms with Crippen molar-refractivity contribution in [3.8, 4) is 0 Å². The lowest BCUT2D eigenvalue weighted by Crippen LogP contribution is -2.62. The Balaban J connectivity index is 0.000000479. The molecule has 0 unspecified atom stereocenters. The minimum atomic E-state index is -5.08. The van der Waals surface area contributed by atoms with E-state index in [0.29, 0.717) is 31.0 Å². The lowest BCUT2D eigenvalue weighted by atomic mass is 9.85.